The highest BCUT2D eigenvalue weighted by Gasteiger charge is 2.43. The maximum atomic E-state index is 5.19. The zero-order chi connectivity index (χ0) is 14.4. The van der Waals surface area contributed by atoms with Gasteiger partial charge in [-0.1, -0.05) is 0 Å². The Labute approximate surface area is 120 Å². The fourth-order valence-corrected chi connectivity index (χ4v) is 2.40. The number of tetrazole rings is 1. The molecular formula is C13H25N5O2. The third-order valence-corrected chi connectivity index (χ3v) is 3.98. The van der Waals surface area contributed by atoms with Crippen molar-refractivity contribution in [3.8, 4) is 0 Å². The molecular weight excluding hydrogens is 258 g/mol. The second kappa shape index (κ2) is 7.10. The van der Waals surface area contributed by atoms with Crippen molar-refractivity contribution in [1.82, 2.24) is 25.5 Å². The van der Waals surface area contributed by atoms with Gasteiger partial charge in [-0.25, -0.2) is 4.68 Å². The molecule has 114 valence electrons. The van der Waals surface area contributed by atoms with Gasteiger partial charge in [-0.05, 0) is 42.0 Å². The van der Waals surface area contributed by atoms with Crippen LogP contribution in [-0.2, 0) is 16.0 Å². The lowest BCUT2D eigenvalue weighted by molar-refractivity contribution is 0.164. The SMILES string of the molecule is COCCNC(C)c1nnnn1CC1(CCOC)CC1. The molecule has 0 bridgehead atoms. The van der Waals surface area contributed by atoms with Crippen molar-refractivity contribution in [2.45, 2.75) is 38.8 Å². The Morgan fingerprint density at radius 3 is 2.70 bits per heavy atom. The predicted octanol–water partition coefficient (Wildman–Crippen LogP) is 0.787. The van der Waals surface area contributed by atoms with Gasteiger partial charge in [0.15, 0.2) is 5.82 Å². The number of rotatable bonds is 10. The van der Waals surface area contributed by atoms with Gasteiger partial charge in [0, 0.05) is 27.4 Å². The minimum atomic E-state index is 0.123. The van der Waals surface area contributed by atoms with Gasteiger partial charge in [0.2, 0.25) is 0 Å². The van der Waals surface area contributed by atoms with Crippen molar-refractivity contribution in [2.24, 2.45) is 5.41 Å². The van der Waals surface area contributed by atoms with Crippen molar-refractivity contribution < 1.29 is 9.47 Å². The molecule has 1 N–H and O–H groups in total. The first kappa shape index (κ1) is 15.3. The molecule has 1 fully saturated rings. The summed E-state index contributed by atoms with van der Waals surface area (Å²) in [5, 5.41) is 15.5. The van der Waals surface area contributed by atoms with Crippen molar-refractivity contribution in [2.75, 3.05) is 34.0 Å². The van der Waals surface area contributed by atoms with Crippen LogP contribution in [0.25, 0.3) is 0 Å². The topological polar surface area (TPSA) is 74.1 Å². The molecule has 1 aliphatic rings. The summed E-state index contributed by atoms with van der Waals surface area (Å²) in [4.78, 5) is 0. The Hall–Kier alpha value is -1.05. The van der Waals surface area contributed by atoms with E-state index >= 15 is 0 Å². The second-order valence-electron chi connectivity index (χ2n) is 5.61. The van der Waals surface area contributed by atoms with Crippen LogP contribution in [0.5, 0.6) is 0 Å². The van der Waals surface area contributed by atoms with Crippen molar-refractivity contribution in [3.05, 3.63) is 5.82 Å². The van der Waals surface area contributed by atoms with Crippen LogP contribution in [-0.4, -0.2) is 54.2 Å². The van der Waals surface area contributed by atoms with Crippen LogP contribution in [0.3, 0.4) is 0 Å². The molecule has 0 aromatic carbocycles. The lowest BCUT2D eigenvalue weighted by atomic mass is 10.0. The molecule has 1 aliphatic carbocycles. The Kier molecular flexibility index (Phi) is 5.45. The molecule has 7 nitrogen and oxygen atoms in total. The van der Waals surface area contributed by atoms with Crippen LogP contribution < -0.4 is 5.32 Å². The normalized spacial score (nSPS) is 18.1. The zero-order valence-electron chi connectivity index (χ0n) is 12.6. The number of hydrogen-bond acceptors (Lipinski definition) is 6. The summed E-state index contributed by atoms with van der Waals surface area (Å²) in [6.07, 6.45) is 3.55. The summed E-state index contributed by atoms with van der Waals surface area (Å²) in [6.45, 7) is 5.24. The molecule has 2 rings (SSSR count). The van der Waals surface area contributed by atoms with Crippen molar-refractivity contribution >= 4 is 0 Å². The van der Waals surface area contributed by atoms with E-state index in [1.807, 2.05) is 4.68 Å². The largest absolute Gasteiger partial charge is 0.385 e. The standard InChI is InChI=1S/C13H25N5O2/c1-11(14-7-9-20-3)12-15-16-17-18(12)10-13(4-5-13)6-8-19-2/h11,14H,4-10H2,1-3H3. The minimum absolute atomic E-state index is 0.123. The van der Waals surface area contributed by atoms with E-state index in [1.165, 1.54) is 12.8 Å². The molecule has 1 heterocycles. The van der Waals surface area contributed by atoms with Crippen LogP contribution in [0.4, 0.5) is 0 Å². The fourth-order valence-electron chi connectivity index (χ4n) is 2.40. The van der Waals surface area contributed by atoms with Crippen molar-refractivity contribution in [3.63, 3.8) is 0 Å². The van der Waals surface area contributed by atoms with Gasteiger partial charge < -0.3 is 14.8 Å². The van der Waals surface area contributed by atoms with Crippen LogP contribution in [0, 0.1) is 5.41 Å². The van der Waals surface area contributed by atoms with E-state index < -0.39 is 0 Å². The third kappa shape index (κ3) is 3.97. The first-order valence-corrected chi connectivity index (χ1v) is 7.18. The summed E-state index contributed by atoms with van der Waals surface area (Å²) in [7, 11) is 3.45. The molecule has 1 aromatic rings. The molecule has 20 heavy (non-hydrogen) atoms. The number of methoxy groups -OCH3 is 2. The highest BCUT2D eigenvalue weighted by molar-refractivity contribution is 4.97. The van der Waals surface area contributed by atoms with Gasteiger partial charge in [-0.15, -0.1) is 5.10 Å². The van der Waals surface area contributed by atoms with E-state index in [4.69, 9.17) is 9.47 Å². The monoisotopic (exact) mass is 283 g/mol. The highest BCUT2D eigenvalue weighted by atomic mass is 16.5. The van der Waals surface area contributed by atoms with Gasteiger partial charge in [-0.3, -0.25) is 0 Å². The summed E-state index contributed by atoms with van der Waals surface area (Å²) in [5.74, 6) is 0.893. The van der Waals surface area contributed by atoms with Crippen LogP contribution >= 0.6 is 0 Å². The Morgan fingerprint density at radius 1 is 1.30 bits per heavy atom. The third-order valence-electron chi connectivity index (χ3n) is 3.98. The van der Waals surface area contributed by atoms with Crippen LogP contribution in [0.2, 0.25) is 0 Å². The van der Waals surface area contributed by atoms with Crippen LogP contribution in [0.15, 0.2) is 0 Å². The van der Waals surface area contributed by atoms with E-state index in [0.717, 1.165) is 31.9 Å². The first-order valence-electron chi connectivity index (χ1n) is 7.18. The zero-order valence-corrected chi connectivity index (χ0v) is 12.6. The predicted molar refractivity (Wildman–Crippen MR) is 74.3 cm³/mol. The van der Waals surface area contributed by atoms with Crippen LogP contribution in [0.1, 0.15) is 38.1 Å². The molecule has 0 radical (unpaired) electrons. The number of nitrogens with one attached hydrogen (secondary N) is 1. The summed E-state index contributed by atoms with van der Waals surface area (Å²) in [6, 6.07) is 0.123. The first-order chi connectivity index (χ1) is 9.71. The summed E-state index contributed by atoms with van der Waals surface area (Å²) in [5.41, 5.74) is 0.340. The van der Waals surface area contributed by atoms with E-state index in [0.29, 0.717) is 12.0 Å². The quantitative estimate of drug-likeness (QED) is 0.640. The molecule has 1 unspecified atom stereocenters. The van der Waals surface area contributed by atoms with Gasteiger partial charge in [0.25, 0.3) is 0 Å². The Balaban J connectivity index is 1.91. The maximum absolute atomic E-state index is 5.19. The Morgan fingerprint density at radius 2 is 2.05 bits per heavy atom. The van der Waals surface area contributed by atoms with Crippen molar-refractivity contribution in [1.29, 1.82) is 0 Å². The molecule has 7 heteroatoms. The van der Waals surface area contributed by atoms with E-state index in [9.17, 15) is 0 Å². The summed E-state index contributed by atoms with van der Waals surface area (Å²) < 4.78 is 12.2. The maximum Gasteiger partial charge on any atom is 0.167 e. The molecule has 1 aromatic heterocycles. The Bertz CT molecular complexity index is 405. The average Bonchev–Trinajstić information content (AvgIpc) is 3.05. The van der Waals surface area contributed by atoms with Gasteiger partial charge in [0.05, 0.1) is 19.2 Å². The smallest absolute Gasteiger partial charge is 0.167 e. The average molecular weight is 283 g/mol. The van der Waals surface area contributed by atoms with Gasteiger partial charge >= 0.3 is 0 Å². The number of ether oxygens (including phenoxy) is 2. The number of hydrogen-bond donors (Lipinski definition) is 1. The van der Waals surface area contributed by atoms with E-state index in [2.05, 4.69) is 27.8 Å². The second-order valence-corrected chi connectivity index (χ2v) is 5.61. The molecule has 0 aliphatic heterocycles. The molecule has 0 amide bonds. The lowest BCUT2D eigenvalue weighted by Gasteiger charge is -2.18. The number of aromatic nitrogens is 4. The lowest BCUT2D eigenvalue weighted by Crippen LogP contribution is -2.27. The van der Waals surface area contributed by atoms with E-state index in [1.54, 1.807) is 14.2 Å². The molecule has 0 saturated heterocycles. The van der Waals surface area contributed by atoms with E-state index in [-0.39, 0.29) is 6.04 Å². The minimum Gasteiger partial charge on any atom is -0.385 e. The fraction of sp³-hybridized carbons (Fsp3) is 0.923. The molecule has 1 atom stereocenters. The van der Waals surface area contributed by atoms with Gasteiger partial charge in [0.1, 0.15) is 0 Å². The highest BCUT2D eigenvalue weighted by Crippen LogP contribution is 2.50. The summed E-state index contributed by atoms with van der Waals surface area (Å²) >= 11 is 0. The number of nitrogens with zero attached hydrogens (tertiary/aromatic N) is 4. The molecule has 0 spiro atoms. The van der Waals surface area contributed by atoms with Gasteiger partial charge in [-0.2, -0.15) is 0 Å². The molecule has 1 saturated carbocycles.